The zero-order valence-electron chi connectivity index (χ0n) is 19.8. The second kappa shape index (κ2) is 11.2. The lowest BCUT2D eigenvalue weighted by Crippen LogP contribution is -2.34. The summed E-state index contributed by atoms with van der Waals surface area (Å²) in [5, 5.41) is 15.1. The monoisotopic (exact) mass is 437 g/mol. The largest absolute Gasteiger partial charge is 0.497 e. The van der Waals surface area contributed by atoms with Crippen LogP contribution in [0.3, 0.4) is 0 Å². The molecular weight excluding hydrogens is 402 g/mol. The number of aryl methyl sites for hydroxylation is 1. The number of methoxy groups -OCH3 is 1. The first-order chi connectivity index (χ1) is 15.4. The molecule has 0 radical (unpaired) electrons. The zero-order valence-corrected chi connectivity index (χ0v) is 19.8. The SMILES string of the molecule is CC[C@@H](O)CN(Cc1c(C)nn(-c2ccccc2)c1Oc1cccc(OC)c1)CC(C)C. The van der Waals surface area contributed by atoms with E-state index < -0.39 is 0 Å². The summed E-state index contributed by atoms with van der Waals surface area (Å²) < 4.78 is 13.7. The third-order valence-electron chi connectivity index (χ3n) is 5.34. The molecule has 1 heterocycles. The topological polar surface area (TPSA) is 59.8 Å². The molecule has 0 bridgehead atoms. The van der Waals surface area contributed by atoms with Crippen molar-refractivity contribution in [3.63, 3.8) is 0 Å². The van der Waals surface area contributed by atoms with Crippen molar-refractivity contribution in [3.8, 4) is 23.1 Å². The molecule has 0 spiro atoms. The third-order valence-corrected chi connectivity index (χ3v) is 5.34. The Morgan fingerprint density at radius 1 is 1.03 bits per heavy atom. The molecule has 172 valence electrons. The summed E-state index contributed by atoms with van der Waals surface area (Å²) in [6, 6.07) is 17.6. The molecule has 6 heteroatoms. The van der Waals surface area contributed by atoms with Gasteiger partial charge in [0.25, 0.3) is 0 Å². The fraction of sp³-hybridized carbons (Fsp3) is 0.423. The number of ether oxygens (including phenoxy) is 2. The number of hydrogen-bond donors (Lipinski definition) is 1. The molecule has 0 unspecified atom stereocenters. The van der Waals surface area contributed by atoms with E-state index in [0.717, 1.165) is 35.7 Å². The van der Waals surface area contributed by atoms with Crippen LogP contribution in [0.4, 0.5) is 0 Å². The summed E-state index contributed by atoms with van der Waals surface area (Å²) in [5.41, 5.74) is 2.86. The summed E-state index contributed by atoms with van der Waals surface area (Å²) in [5.74, 6) is 2.58. The van der Waals surface area contributed by atoms with E-state index in [2.05, 4.69) is 18.7 Å². The Bertz CT molecular complexity index is 985. The second-order valence-electron chi connectivity index (χ2n) is 8.55. The molecule has 3 rings (SSSR count). The molecule has 0 aliphatic carbocycles. The van der Waals surface area contributed by atoms with Crippen LogP contribution in [0.25, 0.3) is 5.69 Å². The van der Waals surface area contributed by atoms with Gasteiger partial charge in [-0.25, -0.2) is 4.68 Å². The minimum atomic E-state index is -0.360. The molecular formula is C26H35N3O3. The summed E-state index contributed by atoms with van der Waals surface area (Å²) in [6.07, 6.45) is 0.366. The molecule has 0 saturated carbocycles. The Morgan fingerprint density at radius 2 is 1.75 bits per heavy atom. The minimum absolute atomic E-state index is 0.360. The fourth-order valence-electron chi connectivity index (χ4n) is 3.72. The number of aliphatic hydroxyl groups is 1. The molecule has 0 amide bonds. The predicted octanol–water partition coefficient (Wildman–Crippen LogP) is 5.21. The van der Waals surface area contributed by atoms with Crippen molar-refractivity contribution in [2.24, 2.45) is 5.92 Å². The van der Waals surface area contributed by atoms with Crippen LogP contribution in [0.2, 0.25) is 0 Å². The zero-order chi connectivity index (χ0) is 23.1. The highest BCUT2D eigenvalue weighted by Gasteiger charge is 2.23. The van der Waals surface area contributed by atoms with Gasteiger partial charge in [-0.1, -0.05) is 45.0 Å². The van der Waals surface area contributed by atoms with E-state index in [1.807, 2.05) is 73.1 Å². The van der Waals surface area contributed by atoms with Crippen molar-refractivity contribution in [1.29, 1.82) is 0 Å². The van der Waals surface area contributed by atoms with Crippen molar-refractivity contribution < 1.29 is 14.6 Å². The van der Waals surface area contributed by atoms with Crippen molar-refractivity contribution in [3.05, 3.63) is 65.9 Å². The summed E-state index contributed by atoms with van der Waals surface area (Å²) in [4.78, 5) is 2.29. The first-order valence-corrected chi connectivity index (χ1v) is 11.3. The van der Waals surface area contributed by atoms with E-state index >= 15 is 0 Å². The van der Waals surface area contributed by atoms with E-state index in [-0.39, 0.29) is 6.10 Å². The standard InChI is InChI=1S/C26H35N3O3/c1-6-22(30)17-28(16-19(2)3)18-25-20(4)27-29(21-11-8-7-9-12-21)26(25)32-24-14-10-13-23(15-24)31-5/h7-15,19,22,30H,6,16-18H2,1-5H3/t22-/m1/s1. The molecule has 6 nitrogen and oxygen atoms in total. The highest BCUT2D eigenvalue weighted by atomic mass is 16.5. The van der Waals surface area contributed by atoms with Gasteiger partial charge in [0, 0.05) is 25.7 Å². The Kier molecular flexibility index (Phi) is 8.31. The van der Waals surface area contributed by atoms with Crippen molar-refractivity contribution in [1.82, 2.24) is 14.7 Å². The minimum Gasteiger partial charge on any atom is -0.497 e. The van der Waals surface area contributed by atoms with Crippen LogP contribution in [0.15, 0.2) is 54.6 Å². The van der Waals surface area contributed by atoms with Crippen molar-refractivity contribution in [2.45, 2.75) is 46.8 Å². The molecule has 1 atom stereocenters. The van der Waals surface area contributed by atoms with Crippen molar-refractivity contribution in [2.75, 3.05) is 20.2 Å². The predicted molar refractivity (Wildman–Crippen MR) is 128 cm³/mol. The maximum atomic E-state index is 10.3. The van der Waals surface area contributed by atoms with E-state index in [1.165, 1.54) is 0 Å². The van der Waals surface area contributed by atoms with E-state index in [1.54, 1.807) is 7.11 Å². The van der Waals surface area contributed by atoms with Gasteiger partial charge in [-0.05, 0) is 43.5 Å². The number of nitrogens with zero attached hydrogens (tertiary/aromatic N) is 3. The molecule has 0 saturated heterocycles. The molecule has 32 heavy (non-hydrogen) atoms. The van der Waals surface area contributed by atoms with E-state index in [9.17, 15) is 5.11 Å². The number of hydrogen-bond acceptors (Lipinski definition) is 5. The van der Waals surface area contributed by atoms with Gasteiger partial charge in [0.15, 0.2) is 0 Å². The van der Waals surface area contributed by atoms with Gasteiger partial charge >= 0.3 is 0 Å². The molecule has 2 aromatic carbocycles. The number of rotatable bonds is 11. The average molecular weight is 438 g/mol. The lowest BCUT2D eigenvalue weighted by molar-refractivity contribution is 0.0980. The lowest BCUT2D eigenvalue weighted by atomic mass is 10.1. The maximum absolute atomic E-state index is 10.3. The normalized spacial score (nSPS) is 12.4. The third kappa shape index (κ3) is 6.11. The fourth-order valence-corrected chi connectivity index (χ4v) is 3.72. The van der Waals surface area contributed by atoms with E-state index in [0.29, 0.717) is 30.6 Å². The van der Waals surface area contributed by atoms with E-state index in [4.69, 9.17) is 14.6 Å². The Morgan fingerprint density at radius 3 is 2.41 bits per heavy atom. The Hall–Kier alpha value is -2.83. The number of aliphatic hydroxyl groups excluding tert-OH is 1. The molecule has 1 N–H and O–H groups in total. The maximum Gasteiger partial charge on any atom is 0.227 e. The molecule has 3 aromatic rings. The second-order valence-corrected chi connectivity index (χ2v) is 8.55. The first kappa shape index (κ1) is 23.8. The first-order valence-electron chi connectivity index (χ1n) is 11.3. The van der Waals surface area contributed by atoms with Crippen LogP contribution in [0.1, 0.15) is 38.4 Å². The summed E-state index contributed by atoms with van der Waals surface area (Å²) >= 11 is 0. The highest BCUT2D eigenvalue weighted by molar-refractivity contribution is 5.44. The van der Waals surface area contributed by atoms with Crippen LogP contribution in [-0.2, 0) is 6.54 Å². The van der Waals surface area contributed by atoms with Crippen LogP contribution in [-0.4, -0.2) is 46.1 Å². The molecule has 0 aliphatic rings. The van der Waals surface area contributed by atoms with Gasteiger partial charge in [-0.3, -0.25) is 4.90 Å². The van der Waals surface area contributed by atoms with Crippen LogP contribution in [0, 0.1) is 12.8 Å². The van der Waals surface area contributed by atoms with Gasteiger partial charge in [0.2, 0.25) is 5.88 Å². The number of para-hydroxylation sites is 1. The number of benzene rings is 2. The Balaban J connectivity index is 2.02. The molecule has 0 aliphatic heterocycles. The average Bonchev–Trinajstić information content (AvgIpc) is 3.09. The molecule has 1 aromatic heterocycles. The lowest BCUT2D eigenvalue weighted by Gasteiger charge is -2.26. The van der Waals surface area contributed by atoms with Crippen LogP contribution < -0.4 is 9.47 Å². The van der Waals surface area contributed by atoms with Gasteiger partial charge < -0.3 is 14.6 Å². The van der Waals surface area contributed by atoms with Crippen LogP contribution in [0.5, 0.6) is 17.4 Å². The van der Waals surface area contributed by atoms with Gasteiger partial charge in [-0.15, -0.1) is 0 Å². The van der Waals surface area contributed by atoms with Crippen LogP contribution >= 0.6 is 0 Å². The smallest absolute Gasteiger partial charge is 0.227 e. The van der Waals surface area contributed by atoms with Gasteiger partial charge in [-0.2, -0.15) is 5.10 Å². The molecule has 0 fully saturated rings. The Labute approximate surface area is 191 Å². The van der Waals surface area contributed by atoms with Crippen molar-refractivity contribution >= 4 is 0 Å². The van der Waals surface area contributed by atoms with Gasteiger partial charge in [0.1, 0.15) is 11.5 Å². The summed E-state index contributed by atoms with van der Waals surface area (Å²) in [7, 11) is 1.64. The van der Waals surface area contributed by atoms with Gasteiger partial charge in [0.05, 0.1) is 30.2 Å². The number of aromatic nitrogens is 2. The highest BCUT2D eigenvalue weighted by Crippen LogP contribution is 2.33. The summed E-state index contributed by atoms with van der Waals surface area (Å²) in [6.45, 7) is 10.5. The quantitative estimate of drug-likeness (QED) is 0.446.